The lowest BCUT2D eigenvalue weighted by molar-refractivity contribution is 0.0697. The van der Waals surface area contributed by atoms with Gasteiger partial charge in [0.25, 0.3) is 5.91 Å². The number of sulfonamides is 1. The molecule has 140 valence electrons. The fourth-order valence-corrected chi connectivity index (χ4v) is 5.11. The van der Waals surface area contributed by atoms with Crippen LogP contribution in [0.1, 0.15) is 59.9 Å². The lowest BCUT2D eigenvalue weighted by atomic mass is 9.95. The Kier molecular flexibility index (Phi) is 5.25. The van der Waals surface area contributed by atoms with Crippen molar-refractivity contribution in [2.75, 3.05) is 32.4 Å². The Balaban J connectivity index is 1.75. The van der Waals surface area contributed by atoms with Gasteiger partial charge in [0.2, 0.25) is 10.0 Å². The number of piperazine rings is 1. The fourth-order valence-electron chi connectivity index (χ4n) is 4.29. The fraction of sp³-hybridized carbons (Fsp3) is 0.722. The molecule has 1 amide bonds. The summed E-state index contributed by atoms with van der Waals surface area (Å²) in [7, 11) is -3.17. The smallest absolute Gasteiger partial charge is 0.255 e. The lowest BCUT2D eigenvalue weighted by Crippen LogP contribution is -2.50. The Morgan fingerprint density at radius 2 is 1.64 bits per heavy atom. The van der Waals surface area contributed by atoms with Gasteiger partial charge < -0.3 is 9.47 Å². The van der Waals surface area contributed by atoms with Crippen molar-refractivity contribution < 1.29 is 13.2 Å². The number of hydrogen-bond acceptors (Lipinski definition) is 3. The second-order valence-corrected chi connectivity index (χ2v) is 9.38. The van der Waals surface area contributed by atoms with Crippen LogP contribution in [0.15, 0.2) is 6.07 Å². The van der Waals surface area contributed by atoms with Crippen molar-refractivity contribution in [2.24, 2.45) is 0 Å². The van der Waals surface area contributed by atoms with Gasteiger partial charge in [-0.2, -0.15) is 4.31 Å². The molecule has 1 aromatic heterocycles. The summed E-state index contributed by atoms with van der Waals surface area (Å²) in [6.45, 7) is 5.80. The van der Waals surface area contributed by atoms with Gasteiger partial charge in [0.1, 0.15) is 0 Å². The van der Waals surface area contributed by atoms with Crippen molar-refractivity contribution in [3.05, 3.63) is 23.0 Å². The molecule has 0 atom stereocenters. The first-order valence-electron chi connectivity index (χ1n) is 9.22. The van der Waals surface area contributed by atoms with Crippen molar-refractivity contribution in [3.63, 3.8) is 0 Å². The molecule has 2 aliphatic rings. The van der Waals surface area contributed by atoms with E-state index in [4.69, 9.17) is 0 Å². The predicted molar refractivity (Wildman–Crippen MR) is 98.3 cm³/mol. The van der Waals surface area contributed by atoms with Gasteiger partial charge in [-0.15, -0.1) is 0 Å². The summed E-state index contributed by atoms with van der Waals surface area (Å²) in [5.74, 6) is 0.0308. The molecule has 0 N–H and O–H groups in total. The van der Waals surface area contributed by atoms with E-state index in [9.17, 15) is 13.2 Å². The first kappa shape index (κ1) is 18.5. The number of rotatable bonds is 3. The largest absolute Gasteiger partial charge is 0.345 e. The molecule has 6 nitrogen and oxygen atoms in total. The third kappa shape index (κ3) is 3.77. The van der Waals surface area contributed by atoms with Crippen LogP contribution in [0, 0.1) is 13.8 Å². The lowest BCUT2D eigenvalue weighted by Gasteiger charge is -2.33. The molecule has 1 saturated heterocycles. The number of aromatic nitrogens is 1. The first-order chi connectivity index (χ1) is 11.8. The van der Waals surface area contributed by atoms with Crippen LogP contribution in [0.5, 0.6) is 0 Å². The van der Waals surface area contributed by atoms with Crippen LogP contribution in [0.2, 0.25) is 0 Å². The minimum Gasteiger partial charge on any atom is -0.345 e. The Bertz CT molecular complexity index is 740. The van der Waals surface area contributed by atoms with E-state index in [1.54, 1.807) is 4.90 Å². The number of nitrogens with zero attached hydrogens (tertiary/aromatic N) is 3. The molecular formula is C18H29N3O3S. The van der Waals surface area contributed by atoms with E-state index in [0.717, 1.165) is 17.0 Å². The Labute approximate surface area is 150 Å². The molecule has 2 fully saturated rings. The number of carbonyl (C=O) groups excluding carboxylic acids is 1. The van der Waals surface area contributed by atoms with Crippen molar-refractivity contribution in [2.45, 2.75) is 52.0 Å². The van der Waals surface area contributed by atoms with E-state index in [1.165, 1.54) is 42.7 Å². The molecule has 7 heteroatoms. The maximum absolute atomic E-state index is 13.0. The quantitative estimate of drug-likeness (QED) is 0.824. The van der Waals surface area contributed by atoms with Gasteiger partial charge in [-0.05, 0) is 32.8 Å². The Morgan fingerprint density at radius 3 is 2.20 bits per heavy atom. The minimum absolute atomic E-state index is 0.0308. The molecule has 1 aliphatic heterocycles. The van der Waals surface area contributed by atoms with Gasteiger partial charge in [0.15, 0.2) is 0 Å². The van der Waals surface area contributed by atoms with Crippen LogP contribution >= 0.6 is 0 Å². The minimum atomic E-state index is -3.17. The van der Waals surface area contributed by atoms with Gasteiger partial charge in [-0.1, -0.05) is 19.3 Å². The van der Waals surface area contributed by atoms with Gasteiger partial charge in [0, 0.05) is 43.6 Å². The zero-order chi connectivity index (χ0) is 18.2. The summed E-state index contributed by atoms with van der Waals surface area (Å²) in [4.78, 5) is 14.8. The number of hydrogen-bond donors (Lipinski definition) is 0. The number of amides is 1. The monoisotopic (exact) mass is 367 g/mol. The highest BCUT2D eigenvalue weighted by Crippen LogP contribution is 2.32. The van der Waals surface area contributed by atoms with Crippen molar-refractivity contribution in [1.82, 2.24) is 13.8 Å². The van der Waals surface area contributed by atoms with Crippen LogP contribution in [0.25, 0.3) is 0 Å². The maximum atomic E-state index is 13.0. The highest BCUT2D eigenvalue weighted by molar-refractivity contribution is 7.88. The molecule has 0 aromatic carbocycles. The van der Waals surface area contributed by atoms with E-state index < -0.39 is 10.0 Å². The predicted octanol–water partition coefficient (Wildman–Crippen LogP) is 2.33. The molecule has 0 bridgehead atoms. The molecule has 25 heavy (non-hydrogen) atoms. The van der Waals surface area contributed by atoms with Crippen molar-refractivity contribution in [1.29, 1.82) is 0 Å². The standard InChI is InChI=1S/C18H29N3O3S/c1-14-13-17(15(2)21(14)16-7-5-4-6-8-16)18(22)19-9-11-20(12-10-19)25(3,23)24/h13,16H,4-12H2,1-3H3. The third-order valence-corrected chi connectivity index (χ3v) is 6.95. The van der Waals surface area contributed by atoms with Crippen LogP contribution < -0.4 is 0 Å². The van der Waals surface area contributed by atoms with Crippen LogP contribution in [0.4, 0.5) is 0 Å². The number of aryl methyl sites for hydroxylation is 1. The molecular weight excluding hydrogens is 338 g/mol. The summed E-state index contributed by atoms with van der Waals surface area (Å²) >= 11 is 0. The summed E-state index contributed by atoms with van der Waals surface area (Å²) in [5.41, 5.74) is 2.98. The molecule has 1 aromatic rings. The van der Waals surface area contributed by atoms with E-state index in [-0.39, 0.29) is 5.91 Å². The van der Waals surface area contributed by atoms with Gasteiger partial charge >= 0.3 is 0 Å². The summed E-state index contributed by atoms with van der Waals surface area (Å²) in [6.07, 6.45) is 7.44. The topological polar surface area (TPSA) is 62.6 Å². The molecule has 2 heterocycles. The van der Waals surface area contributed by atoms with E-state index >= 15 is 0 Å². The second-order valence-electron chi connectivity index (χ2n) is 7.40. The van der Waals surface area contributed by atoms with Gasteiger partial charge in [-0.25, -0.2) is 8.42 Å². The first-order valence-corrected chi connectivity index (χ1v) is 11.1. The molecule has 1 saturated carbocycles. The normalized spacial score (nSPS) is 20.8. The maximum Gasteiger partial charge on any atom is 0.255 e. The van der Waals surface area contributed by atoms with Gasteiger partial charge in [-0.3, -0.25) is 4.79 Å². The molecule has 0 radical (unpaired) electrons. The van der Waals surface area contributed by atoms with E-state index in [2.05, 4.69) is 11.5 Å². The van der Waals surface area contributed by atoms with Crippen LogP contribution in [-0.4, -0.2) is 60.5 Å². The van der Waals surface area contributed by atoms with E-state index in [0.29, 0.717) is 32.2 Å². The summed E-state index contributed by atoms with van der Waals surface area (Å²) in [6, 6.07) is 2.52. The van der Waals surface area contributed by atoms with Crippen LogP contribution in [-0.2, 0) is 10.0 Å². The zero-order valence-electron chi connectivity index (χ0n) is 15.5. The molecule has 3 rings (SSSR count). The Morgan fingerprint density at radius 1 is 1.04 bits per heavy atom. The number of carbonyl (C=O) groups is 1. The zero-order valence-corrected chi connectivity index (χ0v) is 16.3. The molecule has 1 aliphatic carbocycles. The highest BCUT2D eigenvalue weighted by Gasteiger charge is 2.29. The Hall–Kier alpha value is -1.34. The highest BCUT2D eigenvalue weighted by atomic mass is 32.2. The van der Waals surface area contributed by atoms with Crippen LogP contribution in [0.3, 0.4) is 0 Å². The third-order valence-electron chi connectivity index (χ3n) is 5.65. The second kappa shape index (κ2) is 7.11. The van der Waals surface area contributed by atoms with Crippen molar-refractivity contribution in [3.8, 4) is 0 Å². The average Bonchev–Trinajstić information content (AvgIpc) is 2.89. The molecule has 0 spiro atoms. The summed E-state index contributed by atoms with van der Waals surface area (Å²) < 4.78 is 27.1. The summed E-state index contributed by atoms with van der Waals surface area (Å²) in [5, 5.41) is 0. The van der Waals surface area contributed by atoms with E-state index in [1.807, 2.05) is 13.0 Å². The van der Waals surface area contributed by atoms with Gasteiger partial charge in [0.05, 0.1) is 11.8 Å². The molecule has 0 unspecified atom stereocenters. The average molecular weight is 368 g/mol. The SMILES string of the molecule is Cc1cc(C(=O)N2CCN(S(C)(=O)=O)CC2)c(C)n1C1CCCCC1. The van der Waals surface area contributed by atoms with Crippen molar-refractivity contribution >= 4 is 15.9 Å².